The number of hydrogen-bond donors (Lipinski definition) is 1. The van der Waals surface area contributed by atoms with Gasteiger partial charge in [0.25, 0.3) is 0 Å². The molecule has 1 aliphatic rings. The average Bonchev–Trinajstić information content (AvgIpc) is 3.05. The van der Waals surface area contributed by atoms with Gasteiger partial charge < -0.3 is 14.6 Å². The van der Waals surface area contributed by atoms with Gasteiger partial charge in [-0.05, 0) is 37.1 Å². The number of esters is 1. The first kappa shape index (κ1) is 21.7. The van der Waals surface area contributed by atoms with Crippen LogP contribution in [0.25, 0.3) is 5.57 Å². The summed E-state index contributed by atoms with van der Waals surface area (Å²) in [6, 6.07) is 11.7. The highest BCUT2D eigenvalue weighted by Crippen LogP contribution is 2.32. The molecule has 1 aromatic heterocycles. The molecule has 5 nitrogen and oxygen atoms in total. The first-order chi connectivity index (χ1) is 13.8. The summed E-state index contributed by atoms with van der Waals surface area (Å²) in [6.45, 7) is 0.467. The van der Waals surface area contributed by atoms with Gasteiger partial charge in [-0.15, -0.1) is 0 Å². The number of carbonyl (C=O) groups excluding carboxylic acids is 1. The minimum atomic E-state index is -1.65. The third-order valence-electron chi connectivity index (χ3n) is 4.80. The molecule has 0 spiro atoms. The fourth-order valence-corrected chi connectivity index (χ4v) is 3.56. The summed E-state index contributed by atoms with van der Waals surface area (Å²) in [6.07, 6.45) is 5.10. The van der Waals surface area contributed by atoms with Crippen molar-refractivity contribution in [3.05, 3.63) is 65.0 Å². The van der Waals surface area contributed by atoms with Gasteiger partial charge in [0.05, 0.1) is 5.56 Å². The molecule has 1 N–H and O–H groups in total. The Morgan fingerprint density at radius 2 is 2.17 bits per heavy atom. The molecule has 0 saturated carbocycles. The molecule has 152 valence electrons. The van der Waals surface area contributed by atoms with E-state index >= 15 is 0 Å². The van der Waals surface area contributed by atoms with E-state index in [4.69, 9.17) is 39.5 Å². The first-order valence-corrected chi connectivity index (χ1v) is 10.3. The Morgan fingerprint density at radius 3 is 2.86 bits per heavy atom. The predicted octanol–water partition coefficient (Wildman–Crippen LogP) is 4.24. The van der Waals surface area contributed by atoms with Crippen molar-refractivity contribution in [1.29, 1.82) is 5.26 Å². The minimum Gasteiger partial charge on any atom is -0.460 e. The zero-order chi connectivity index (χ0) is 21.0. The van der Waals surface area contributed by atoms with Crippen LogP contribution in [-0.2, 0) is 22.5 Å². The highest BCUT2D eigenvalue weighted by atomic mass is 35.6. The molecular formula is C21H20Cl3N3O2. The van der Waals surface area contributed by atoms with E-state index in [0.717, 1.165) is 29.8 Å². The maximum atomic E-state index is 12.4. The van der Waals surface area contributed by atoms with Crippen LogP contribution in [0.3, 0.4) is 0 Å². The zero-order valence-corrected chi connectivity index (χ0v) is 18.1. The predicted molar refractivity (Wildman–Crippen MR) is 115 cm³/mol. The number of alkyl halides is 3. The number of nitrogens with one attached hydrogen (secondary N) is 1. The van der Waals surface area contributed by atoms with Crippen LogP contribution in [0.5, 0.6) is 0 Å². The second-order valence-electron chi connectivity index (χ2n) is 6.74. The standard InChI is InChI=1S/C21H20Cl3N3O2/c1-26-18(20(28)29-13-21(22,23)24)7-6-17-16-5-3-2-4-15(16)8-9-27-12-14(11-25)10-19(17)27/h2-6,10,12,18,26H,7-9,13H2,1H3. The largest absolute Gasteiger partial charge is 0.460 e. The van der Waals surface area contributed by atoms with Gasteiger partial charge in [0.2, 0.25) is 3.79 Å². The van der Waals surface area contributed by atoms with Crippen LogP contribution in [0.1, 0.15) is 28.8 Å². The zero-order valence-electron chi connectivity index (χ0n) is 15.8. The minimum absolute atomic E-state index is 0.317. The van der Waals surface area contributed by atoms with E-state index in [1.807, 2.05) is 30.5 Å². The van der Waals surface area contributed by atoms with E-state index < -0.39 is 15.8 Å². The van der Waals surface area contributed by atoms with Gasteiger partial charge in [-0.2, -0.15) is 5.26 Å². The van der Waals surface area contributed by atoms with Crippen LogP contribution in [0.4, 0.5) is 0 Å². The normalized spacial score (nSPS) is 15.8. The summed E-state index contributed by atoms with van der Waals surface area (Å²) in [7, 11) is 1.68. The summed E-state index contributed by atoms with van der Waals surface area (Å²) in [5.74, 6) is -0.495. The molecule has 1 atom stereocenters. The van der Waals surface area contributed by atoms with Gasteiger partial charge in [-0.3, -0.25) is 4.79 Å². The van der Waals surface area contributed by atoms with Gasteiger partial charge in [-0.25, -0.2) is 0 Å². The molecule has 0 aliphatic carbocycles. The second kappa shape index (κ2) is 9.23. The summed E-state index contributed by atoms with van der Waals surface area (Å²) in [4.78, 5) is 12.4. The van der Waals surface area contributed by atoms with Crippen molar-refractivity contribution >= 4 is 46.3 Å². The second-order valence-corrected chi connectivity index (χ2v) is 9.26. The number of fused-ring (bicyclic) bond motifs is 2. The topological polar surface area (TPSA) is 67.0 Å². The molecular weight excluding hydrogens is 433 g/mol. The maximum absolute atomic E-state index is 12.4. The number of nitrogens with zero attached hydrogens (tertiary/aromatic N) is 2. The highest BCUT2D eigenvalue weighted by Gasteiger charge is 2.26. The molecule has 0 saturated heterocycles. The maximum Gasteiger partial charge on any atom is 0.323 e. The van der Waals surface area contributed by atoms with Crippen molar-refractivity contribution in [1.82, 2.24) is 9.88 Å². The Labute approximate surface area is 184 Å². The number of aromatic nitrogens is 1. The van der Waals surface area contributed by atoms with Crippen molar-refractivity contribution in [3.63, 3.8) is 0 Å². The average molecular weight is 453 g/mol. The lowest BCUT2D eigenvalue weighted by Crippen LogP contribution is -2.36. The van der Waals surface area contributed by atoms with Gasteiger partial charge in [0, 0.05) is 24.0 Å². The highest BCUT2D eigenvalue weighted by molar-refractivity contribution is 6.67. The molecule has 1 unspecified atom stereocenters. The Kier molecular flexibility index (Phi) is 6.92. The van der Waals surface area contributed by atoms with Crippen molar-refractivity contribution in [3.8, 4) is 6.07 Å². The summed E-state index contributed by atoms with van der Waals surface area (Å²) < 4.78 is 5.54. The van der Waals surface area contributed by atoms with E-state index in [2.05, 4.69) is 28.1 Å². The van der Waals surface area contributed by atoms with Crippen LogP contribution in [-0.4, -0.2) is 34.0 Å². The molecule has 2 heterocycles. The summed E-state index contributed by atoms with van der Waals surface area (Å²) in [5.41, 5.74) is 4.86. The fourth-order valence-electron chi connectivity index (χ4n) is 3.40. The Bertz CT molecular complexity index is 970. The summed E-state index contributed by atoms with van der Waals surface area (Å²) >= 11 is 17.0. The Hall–Kier alpha value is -1.97. The van der Waals surface area contributed by atoms with E-state index in [1.54, 1.807) is 7.05 Å². The molecule has 1 aliphatic heterocycles. The molecule has 0 radical (unpaired) electrons. The number of benzene rings is 1. The number of hydrogen-bond acceptors (Lipinski definition) is 4. The molecule has 0 amide bonds. The number of likely N-dealkylation sites (N-methyl/N-ethyl adjacent to an activating group) is 1. The molecule has 8 heteroatoms. The van der Waals surface area contributed by atoms with Crippen LogP contribution in [0.15, 0.2) is 42.6 Å². The SMILES string of the molecule is CNC(CC=C1c2ccccc2CCn2cc(C#N)cc21)C(=O)OCC(Cl)(Cl)Cl. The number of ether oxygens (including phenoxy) is 1. The van der Waals surface area contributed by atoms with Crippen molar-refractivity contribution in [2.24, 2.45) is 0 Å². The smallest absolute Gasteiger partial charge is 0.323 e. The van der Waals surface area contributed by atoms with Crippen molar-refractivity contribution in [2.75, 3.05) is 13.7 Å². The fraction of sp³-hybridized carbons (Fsp3) is 0.333. The summed E-state index contributed by atoms with van der Waals surface area (Å²) in [5, 5.41) is 12.3. The monoisotopic (exact) mass is 451 g/mol. The lowest BCUT2D eigenvalue weighted by atomic mass is 9.95. The molecule has 1 aromatic carbocycles. The van der Waals surface area contributed by atoms with Crippen LogP contribution in [0.2, 0.25) is 0 Å². The molecule has 0 bridgehead atoms. The lowest BCUT2D eigenvalue weighted by Gasteiger charge is -2.17. The van der Waals surface area contributed by atoms with Gasteiger partial charge in [0.15, 0.2) is 0 Å². The number of carbonyl (C=O) groups is 1. The lowest BCUT2D eigenvalue weighted by molar-refractivity contribution is -0.145. The van der Waals surface area contributed by atoms with Crippen LogP contribution >= 0.6 is 34.8 Å². The number of rotatable bonds is 5. The number of aryl methyl sites for hydroxylation is 2. The van der Waals surface area contributed by atoms with Gasteiger partial charge in [-0.1, -0.05) is 65.1 Å². The Morgan fingerprint density at radius 1 is 1.41 bits per heavy atom. The third-order valence-corrected chi connectivity index (χ3v) is 5.13. The van der Waals surface area contributed by atoms with E-state index in [1.165, 1.54) is 5.56 Å². The van der Waals surface area contributed by atoms with E-state index in [9.17, 15) is 10.1 Å². The van der Waals surface area contributed by atoms with Crippen LogP contribution < -0.4 is 5.32 Å². The molecule has 29 heavy (non-hydrogen) atoms. The molecule has 2 aromatic rings. The van der Waals surface area contributed by atoms with Crippen molar-refractivity contribution < 1.29 is 9.53 Å². The van der Waals surface area contributed by atoms with Gasteiger partial charge in [0.1, 0.15) is 18.7 Å². The Balaban J connectivity index is 1.91. The number of halogens is 3. The van der Waals surface area contributed by atoms with Crippen LogP contribution in [0, 0.1) is 11.3 Å². The quantitative estimate of drug-likeness (QED) is 0.544. The van der Waals surface area contributed by atoms with Crippen molar-refractivity contribution in [2.45, 2.75) is 29.2 Å². The molecule has 0 fully saturated rings. The molecule has 3 rings (SSSR count). The van der Waals surface area contributed by atoms with E-state index in [-0.39, 0.29) is 6.61 Å². The van der Waals surface area contributed by atoms with Gasteiger partial charge >= 0.3 is 5.97 Å². The third kappa shape index (κ3) is 5.34. The number of nitriles is 1. The van der Waals surface area contributed by atoms with E-state index in [0.29, 0.717) is 12.0 Å². The first-order valence-electron chi connectivity index (χ1n) is 9.12.